The van der Waals surface area contributed by atoms with Gasteiger partial charge in [0.25, 0.3) is 5.91 Å². The molecule has 0 bridgehead atoms. The van der Waals surface area contributed by atoms with E-state index in [0.29, 0.717) is 11.6 Å². The predicted molar refractivity (Wildman–Crippen MR) is 81.3 cm³/mol. The molecule has 1 N–H and O–H groups in total. The van der Waals surface area contributed by atoms with Crippen LogP contribution in [0.25, 0.3) is 0 Å². The highest BCUT2D eigenvalue weighted by atomic mass is 16.5. The average Bonchev–Trinajstić information content (AvgIpc) is 3.03. The fourth-order valence-corrected chi connectivity index (χ4v) is 2.87. The van der Waals surface area contributed by atoms with Crippen molar-refractivity contribution in [2.24, 2.45) is 13.0 Å². The van der Waals surface area contributed by atoms with Crippen LogP contribution in [0.2, 0.25) is 0 Å². The van der Waals surface area contributed by atoms with Gasteiger partial charge < -0.3 is 15.0 Å². The highest BCUT2D eigenvalue weighted by molar-refractivity contribution is 5.92. The van der Waals surface area contributed by atoms with Crippen molar-refractivity contribution in [2.75, 3.05) is 39.9 Å². The van der Waals surface area contributed by atoms with Crippen LogP contribution < -0.4 is 5.32 Å². The summed E-state index contributed by atoms with van der Waals surface area (Å²) in [5.74, 6) is 0.516. The summed E-state index contributed by atoms with van der Waals surface area (Å²) in [6.45, 7) is 6.72. The Hall–Kier alpha value is -1.40. The lowest BCUT2D eigenvalue weighted by atomic mass is 10.1. The lowest BCUT2D eigenvalue weighted by Gasteiger charge is -2.16. The van der Waals surface area contributed by atoms with Gasteiger partial charge in [0, 0.05) is 40.4 Å². The fraction of sp³-hybridized carbons (Fsp3) is 0.733. The molecule has 1 aliphatic rings. The minimum absolute atomic E-state index is 0.0315. The van der Waals surface area contributed by atoms with E-state index in [1.54, 1.807) is 18.8 Å². The maximum absolute atomic E-state index is 12.1. The number of methoxy groups -OCH3 is 1. The molecule has 0 radical (unpaired) electrons. The number of ether oxygens (including phenoxy) is 1. The first kappa shape index (κ1) is 16.0. The van der Waals surface area contributed by atoms with Gasteiger partial charge >= 0.3 is 0 Å². The van der Waals surface area contributed by atoms with Crippen molar-refractivity contribution in [1.29, 1.82) is 0 Å². The van der Waals surface area contributed by atoms with Crippen LogP contribution in [0.5, 0.6) is 0 Å². The van der Waals surface area contributed by atoms with Crippen LogP contribution in [0.15, 0.2) is 6.07 Å². The van der Waals surface area contributed by atoms with Gasteiger partial charge in [-0.2, -0.15) is 5.10 Å². The van der Waals surface area contributed by atoms with Crippen LogP contribution in [-0.2, 0) is 11.8 Å². The summed E-state index contributed by atoms with van der Waals surface area (Å²) in [5, 5.41) is 7.23. The maximum atomic E-state index is 12.1. The Bertz CT molecular complexity index is 472. The number of hydrogen-bond donors (Lipinski definition) is 1. The van der Waals surface area contributed by atoms with Crippen molar-refractivity contribution < 1.29 is 9.53 Å². The Balaban J connectivity index is 1.72. The molecular formula is C15H26N4O2. The highest BCUT2D eigenvalue weighted by Gasteiger charge is 2.23. The second-order valence-corrected chi connectivity index (χ2v) is 5.81. The van der Waals surface area contributed by atoms with Crippen LogP contribution in [0.3, 0.4) is 0 Å². The molecule has 1 aliphatic heterocycles. The highest BCUT2D eigenvalue weighted by Crippen LogP contribution is 2.15. The monoisotopic (exact) mass is 294 g/mol. The van der Waals surface area contributed by atoms with Gasteiger partial charge in [-0.1, -0.05) is 0 Å². The normalized spacial score (nSPS) is 19.1. The summed E-state index contributed by atoms with van der Waals surface area (Å²) in [5.41, 5.74) is 1.50. The van der Waals surface area contributed by atoms with Crippen LogP contribution in [-0.4, -0.2) is 60.5 Å². The van der Waals surface area contributed by atoms with E-state index in [0.717, 1.165) is 51.3 Å². The first-order valence-corrected chi connectivity index (χ1v) is 7.60. The smallest absolute Gasteiger partial charge is 0.269 e. The molecule has 0 aliphatic carbocycles. The van der Waals surface area contributed by atoms with Gasteiger partial charge in [0.2, 0.25) is 0 Å². The lowest BCUT2D eigenvalue weighted by Crippen LogP contribution is -2.32. The van der Waals surface area contributed by atoms with Crippen molar-refractivity contribution in [3.8, 4) is 0 Å². The van der Waals surface area contributed by atoms with Crippen LogP contribution in [0.4, 0.5) is 0 Å². The van der Waals surface area contributed by atoms with Gasteiger partial charge in [0.05, 0.1) is 5.69 Å². The van der Waals surface area contributed by atoms with E-state index in [2.05, 4.69) is 15.3 Å². The molecule has 6 nitrogen and oxygen atoms in total. The summed E-state index contributed by atoms with van der Waals surface area (Å²) in [6, 6.07) is 1.82. The van der Waals surface area contributed by atoms with Crippen molar-refractivity contribution in [2.45, 2.75) is 19.8 Å². The zero-order valence-electron chi connectivity index (χ0n) is 13.3. The average molecular weight is 294 g/mol. The molecule has 1 saturated heterocycles. The first-order chi connectivity index (χ1) is 10.1. The van der Waals surface area contributed by atoms with Gasteiger partial charge in [-0.3, -0.25) is 9.48 Å². The molecule has 0 saturated carbocycles. The number of carbonyl (C=O) groups is 1. The Kier molecular flexibility index (Phi) is 5.76. The minimum atomic E-state index is -0.0315. The van der Waals surface area contributed by atoms with Gasteiger partial charge in [-0.15, -0.1) is 0 Å². The van der Waals surface area contributed by atoms with Crippen molar-refractivity contribution in [1.82, 2.24) is 20.0 Å². The van der Waals surface area contributed by atoms with Gasteiger partial charge in [0.1, 0.15) is 5.69 Å². The second kappa shape index (κ2) is 7.56. The van der Waals surface area contributed by atoms with Crippen LogP contribution in [0, 0.1) is 12.8 Å². The Morgan fingerprint density at radius 2 is 2.38 bits per heavy atom. The number of likely N-dealkylation sites (tertiary alicyclic amines) is 1. The van der Waals surface area contributed by atoms with Crippen LogP contribution >= 0.6 is 0 Å². The summed E-state index contributed by atoms with van der Waals surface area (Å²) in [4.78, 5) is 14.6. The maximum Gasteiger partial charge on any atom is 0.269 e. The lowest BCUT2D eigenvalue weighted by molar-refractivity contribution is 0.0938. The number of amides is 1. The molecule has 1 fully saturated rings. The molecule has 2 heterocycles. The summed E-state index contributed by atoms with van der Waals surface area (Å²) in [7, 11) is 3.54. The third kappa shape index (κ3) is 4.54. The van der Waals surface area contributed by atoms with E-state index in [4.69, 9.17) is 4.74 Å². The topological polar surface area (TPSA) is 59.4 Å². The SMILES string of the molecule is COCCCN1CCC(CNC(=O)c2cc(C)nn2C)C1. The minimum Gasteiger partial charge on any atom is -0.385 e. The molecule has 0 aromatic carbocycles. The van der Waals surface area contributed by atoms with Crippen molar-refractivity contribution in [3.63, 3.8) is 0 Å². The van der Waals surface area contributed by atoms with E-state index in [9.17, 15) is 4.79 Å². The number of aryl methyl sites for hydroxylation is 2. The molecule has 118 valence electrons. The largest absolute Gasteiger partial charge is 0.385 e. The fourth-order valence-electron chi connectivity index (χ4n) is 2.87. The number of hydrogen-bond acceptors (Lipinski definition) is 4. The number of aromatic nitrogens is 2. The van der Waals surface area contributed by atoms with Gasteiger partial charge in [-0.25, -0.2) is 0 Å². The van der Waals surface area contributed by atoms with Crippen molar-refractivity contribution in [3.05, 3.63) is 17.5 Å². The Morgan fingerprint density at radius 1 is 1.57 bits per heavy atom. The second-order valence-electron chi connectivity index (χ2n) is 5.81. The summed E-state index contributed by atoms with van der Waals surface area (Å²) >= 11 is 0. The van der Waals surface area contributed by atoms with Gasteiger partial charge in [0.15, 0.2) is 0 Å². The molecule has 1 atom stereocenters. The number of carbonyl (C=O) groups excluding carboxylic acids is 1. The van der Waals surface area contributed by atoms with Crippen molar-refractivity contribution >= 4 is 5.91 Å². The van der Waals surface area contributed by atoms with E-state index in [1.165, 1.54) is 0 Å². The number of nitrogens with one attached hydrogen (secondary N) is 1. The van der Waals surface area contributed by atoms with E-state index < -0.39 is 0 Å². The third-order valence-electron chi connectivity index (χ3n) is 3.98. The molecule has 21 heavy (non-hydrogen) atoms. The predicted octanol–water partition coefficient (Wildman–Crippen LogP) is 0.817. The molecule has 1 unspecified atom stereocenters. The number of nitrogens with zero attached hydrogens (tertiary/aromatic N) is 3. The number of rotatable bonds is 7. The molecule has 1 aromatic heterocycles. The molecule has 0 spiro atoms. The van der Waals surface area contributed by atoms with E-state index >= 15 is 0 Å². The summed E-state index contributed by atoms with van der Waals surface area (Å²) < 4.78 is 6.71. The zero-order chi connectivity index (χ0) is 15.2. The first-order valence-electron chi connectivity index (χ1n) is 7.60. The van der Waals surface area contributed by atoms with Gasteiger partial charge in [-0.05, 0) is 38.3 Å². The molecule has 1 amide bonds. The Labute approximate surface area is 126 Å². The standard InChI is InChI=1S/C15H26N4O2/c1-12-9-14(18(2)17-12)15(20)16-10-13-5-7-19(11-13)6-4-8-21-3/h9,13H,4-8,10-11H2,1-3H3,(H,16,20). The third-order valence-corrected chi connectivity index (χ3v) is 3.98. The zero-order valence-corrected chi connectivity index (χ0v) is 13.3. The summed E-state index contributed by atoms with van der Waals surface area (Å²) in [6.07, 6.45) is 2.22. The molecule has 2 rings (SSSR count). The quantitative estimate of drug-likeness (QED) is 0.756. The molecule has 1 aromatic rings. The van der Waals surface area contributed by atoms with Crippen LogP contribution in [0.1, 0.15) is 29.0 Å². The Morgan fingerprint density at radius 3 is 3.05 bits per heavy atom. The van der Waals surface area contributed by atoms with E-state index in [-0.39, 0.29) is 5.91 Å². The van der Waals surface area contributed by atoms with E-state index in [1.807, 2.05) is 13.0 Å². The molecular weight excluding hydrogens is 268 g/mol. The molecule has 6 heteroatoms.